The van der Waals surface area contributed by atoms with Crippen molar-refractivity contribution in [2.45, 2.75) is 19.4 Å². The number of alkyl halides is 3. The number of aromatic nitrogens is 2. The molecule has 0 spiro atoms. The molecule has 16 heavy (non-hydrogen) atoms. The molecule has 0 aliphatic carbocycles. The zero-order chi connectivity index (χ0) is 12.1. The fourth-order valence-electron chi connectivity index (χ4n) is 1.18. The third kappa shape index (κ3) is 2.53. The van der Waals surface area contributed by atoms with Crippen LogP contribution in [0.3, 0.4) is 0 Å². The normalized spacial score (nSPS) is 12.8. The SMILES string of the molecule is CCOC(=O)c1ccnn1C(CF)C(F)F. The van der Waals surface area contributed by atoms with Gasteiger partial charge in [-0.15, -0.1) is 0 Å². The van der Waals surface area contributed by atoms with Crippen LogP contribution in [0.2, 0.25) is 0 Å². The maximum absolute atomic E-state index is 12.4. The number of halogens is 3. The first-order valence-corrected chi connectivity index (χ1v) is 4.66. The van der Waals surface area contributed by atoms with Gasteiger partial charge in [-0.3, -0.25) is 0 Å². The average molecular weight is 236 g/mol. The van der Waals surface area contributed by atoms with Crippen LogP contribution in [0, 0.1) is 0 Å². The first-order chi connectivity index (χ1) is 7.61. The van der Waals surface area contributed by atoms with Crippen molar-refractivity contribution >= 4 is 5.97 Å². The van der Waals surface area contributed by atoms with E-state index in [9.17, 15) is 18.0 Å². The third-order valence-electron chi connectivity index (χ3n) is 1.92. The van der Waals surface area contributed by atoms with Crippen LogP contribution in [0.5, 0.6) is 0 Å². The molecule has 4 nitrogen and oxygen atoms in total. The van der Waals surface area contributed by atoms with E-state index < -0.39 is 25.1 Å². The van der Waals surface area contributed by atoms with Crippen molar-refractivity contribution in [3.05, 3.63) is 18.0 Å². The Morgan fingerprint density at radius 3 is 2.81 bits per heavy atom. The molecule has 0 fully saturated rings. The minimum atomic E-state index is -2.93. The van der Waals surface area contributed by atoms with E-state index in [1.165, 1.54) is 6.07 Å². The van der Waals surface area contributed by atoms with Crippen molar-refractivity contribution < 1.29 is 22.7 Å². The van der Waals surface area contributed by atoms with Crippen LogP contribution in [0.25, 0.3) is 0 Å². The zero-order valence-corrected chi connectivity index (χ0v) is 8.57. The van der Waals surface area contributed by atoms with Gasteiger partial charge in [0, 0.05) is 6.20 Å². The summed E-state index contributed by atoms with van der Waals surface area (Å²) in [6, 6.07) is -0.544. The van der Waals surface area contributed by atoms with Crippen LogP contribution in [-0.4, -0.2) is 35.5 Å². The number of esters is 1. The quantitative estimate of drug-likeness (QED) is 0.732. The van der Waals surface area contributed by atoms with E-state index >= 15 is 0 Å². The molecule has 7 heteroatoms. The van der Waals surface area contributed by atoms with Gasteiger partial charge in [-0.2, -0.15) is 5.10 Å². The fourth-order valence-corrected chi connectivity index (χ4v) is 1.18. The van der Waals surface area contributed by atoms with E-state index in [1.54, 1.807) is 6.92 Å². The Morgan fingerprint density at radius 1 is 1.62 bits per heavy atom. The summed E-state index contributed by atoms with van der Waals surface area (Å²) >= 11 is 0. The van der Waals surface area contributed by atoms with E-state index in [-0.39, 0.29) is 12.3 Å². The number of carbonyl (C=O) groups excluding carboxylic acids is 1. The molecule has 0 saturated heterocycles. The van der Waals surface area contributed by atoms with Gasteiger partial charge in [0.25, 0.3) is 6.43 Å². The smallest absolute Gasteiger partial charge is 0.356 e. The molecule has 1 atom stereocenters. The van der Waals surface area contributed by atoms with Gasteiger partial charge in [0.1, 0.15) is 18.4 Å². The van der Waals surface area contributed by atoms with Gasteiger partial charge in [0.15, 0.2) is 0 Å². The molecule has 1 unspecified atom stereocenters. The predicted molar refractivity (Wildman–Crippen MR) is 49.2 cm³/mol. The number of hydrogen-bond acceptors (Lipinski definition) is 3. The van der Waals surface area contributed by atoms with E-state index in [0.717, 1.165) is 6.20 Å². The topological polar surface area (TPSA) is 44.1 Å². The lowest BCUT2D eigenvalue weighted by Crippen LogP contribution is -2.24. The van der Waals surface area contributed by atoms with Crippen molar-refractivity contribution in [3.8, 4) is 0 Å². The van der Waals surface area contributed by atoms with Gasteiger partial charge in [0.2, 0.25) is 0 Å². The summed E-state index contributed by atoms with van der Waals surface area (Å²) in [4.78, 5) is 11.3. The van der Waals surface area contributed by atoms with Crippen molar-refractivity contribution in [1.82, 2.24) is 9.78 Å². The van der Waals surface area contributed by atoms with Crippen LogP contribution < -0.4 is 0 Å². The van der Waals surface area contributed by atoms with Gasteiger partial charge in [0.05, 0.1) is 6.61 Å². The molecule has 0 N–H and O–H groups in total. The Hall–Kier alpha value is -1.53. The Bertz CT molecular complexity index is 354. The molecule has 0 bridgehead atoms. The molecule has 0 radical (unpaired) electrons. The number of hydrogen-bond donors (Lipinski definition) is 0. The van der Waals surface area contributed by atoms with E-state index in [1.807, 2.05) is 0 Å². The first-order valence-electron chi connectivity index (χ1n) is 4.66. The van der Waals surface area contributed by atoms with Gasteiger partial charge >= 0.3 is 5.97 Å². The van der Waals surface area contributed by atoms with E-state index in [4.69, 9.17) is 0 Å². The maximum atomic E-state index is 12.4. The van der Waals surface area contributed by atoms with Gasteiger partial charge in [-0.25, -0.2) is 22.6 Å². The molecular formula is C9H11F3N2O2. The molecule has 0 aromatic carbocycles. The highest BCUT2D eigenvalue weighted by Crippen LogP contribution is 2.19. The molecular weight excluding hydrogens is 225 g/mol. The zero-order valence-electron chi connectivity index (χ0n) is 8.57. The van der Waals surface area contributed by atoms with E-state index in [0.29, 0.717) is 4.68 Å². The molecule has 0 amide bonds. The highest BCUT2D eigenvalue weighted by atomic mass is 19.3. The lowest BCUT2D eigenvalue weighted by Gasteiger charge is -2.15. The summed E-state index contributed by atoms with van der Waals surface area (Å²) < 4.78 is 42.6. The monoisotopic (exact) mass is 236 g/mol. The molecule has 1 aromatic heterocycles. The van der Waals surface area contributed by atoms with Crippen molar-refractivity contribution in [3.63, 3.8) is 0 Å². The number of carbonyl (C=O) groups is 1. The lowest BCUT2D eigenvalue weighted by atomic mass is 10.3. The Labute approximate surface area is 90.0 Å². The standard InChI is InChI=1S/C9H11F3N2O2/c1-2-16-9(15)6-3-4-13-14(6)7(5-10)8(11)12/h3-4,7-8H,2,5H2,1H3. The minimum Gasteiger partial charge on any atom is -0.461 e. The Balaban J connectivity index is 2.96. The van der Waals surface area contributed by atoms with Gasteiger partial charge in [-0.05, 0) is 13.0 Å². The average Bonchev–Trinajstić information content (AvgIpc) is 2.67. The van der Waals surface area contributed by atoms with Crippen LogP contribution in [-0.2, 0) is 4.74 Å². The third-order valence-corrected chi connectivity index (χ3v) is 1.92. The lowest BCUT2D eigenvalue weighted by molar-refractivity contribution is 0.0442. The molecule has 0 saturated carbocycles. The summed E-state index contributed by atoms with van der Waals surface area (Å²) in [6.45, 7) is 0.392. The summed E-state index contributed by atoms with van der Waals surface area (Å²) in [5.41, 5.74) is -0.176. The van der Waals surface area contributed by atoms with Gasteiger partial charge < -0.3 is 4.74 Å². The van der Waals surface area contributed by atoms with Gasteiger partial charge in [-0.1, -0.05) is 0 Å². The van der Waals surface area contributed by atoms with Crippen molar-refractivity contribution in [2.24, 2.45) is 0 Å². The molecule has 90 valence electrons. The summed E-state index contributed by atoms with van der Waals surface area (Å²) in [5, 5.41) is 3.51. The van der Waals surface area contributed by atoms with Crippen LogP contribution >= 0.6 is 0 Å². The Morgan fingerprint density at radius 2 is 2.31 bits per heavy atom. The molecule has 0 aliphatic rings. The predicted octanol–water partition coefficient (Wildman–Crippen LogP) is 1.84. The molecule has 1 rings (SSSR count). The van der Waals surface area contributed by atoms with Crippen molar-refractivity contribution in [1.29, 1.82) is 0 Å². The largest absolute Gasteiger partial charge is 0.461 e. The summed E-state index contributed by atoms with van der Waals surface area (Å²) in [5.74, 6) is -0.793. The highest BCUT2D eigenvalue weighted by Gasteiger charge is 2.27. The molecule has 1 heterocycles. The van der Waals surface area contributed by atoms with Crippen molar-refractivity contribution in [2.75, 3.05) is 13.3 Å². The van der Waals surface area contributed by atoms with Crippen LogP contribution in [0.15, 0.2) is 12.3 Å². The summed E-state index contributed by atoms with van der Waals surface area (Å²) in [6.07, 6.45) is -1.78. The minimum absolute atomic E-state index is 0.110. The second kappa shape index (κ2) is 5.53. The highest BCUT2D eigenvalue weighted by molar-refractivity contribution is 5.87. The Kier molecular flexibility index (Phi) is 4.33. The van der Waals surface area contributed by atoms with Crippen LogP contribution in [0.4, 0.5) is 13.2 Å². The first kappa shape index (κ1) is 12.5. The van der Waals surface area contributed by atoms with Crippen LogP contribution in [0.1, 0.15) is 23.5 Å². The molecule has 0 aliphatic heterocycles. The summed E-state index contributed by atoms with van der Waals surface area (Å²) in [7, 11) is 0. The maximum Gasteiger partial charge on any atom is 0.356 e. The second-order valence-electron chi connectivity index (χ2n) is 2.94. The second-order valence-corrected chi connectivity index (χ2v) is 2.94. The number of ether oxygens (including phenoxy) is 1. The number of nitrogens with zero attached hydrogens (tertiary/aromatic N) is 2. The fraction of sp³-hybridized carbons (Fsp3) is 0.556. The number of rotatable bonds is 5. The molecule has 1 aromatic rings. The van der Waals surface area contributed by atoms with E-state index in [2.05, 4.69) is 9.84 Å².